The van der Waals surface area contributed by atoms with Crippen LogP contribution in [-0.2, 0) is 0 Å². The molecule has 6 heteroatoms. The Bertz CT molecular complexity index is 572. The highest BCUT2D eigenvalue weighted by molar-refractivity contribution is 5.85. The lowest BCUT2D eigenvalue weighted by atomic mass is 10.1. The van der Waals surface area contributed by atoms with Gasteiger partial charge in [0.2, 0.25) is 5.95 Å². The first-order chi connectivity index (χ1) is 9.24. The minimum absolute atomic E-state index is 0.00603. The maximum absolute atomic E-state index is 9.36. The van der Waals surface area contributed by atoms with Crippen LogP contribution < -0.4 is 11.1 Å². The molecule has 0 spiro atoms. The monoisotopic (exact) mass is 259 g/mol. The molecule has 19 heavy (non-hydrogen) atoms. The van der Waals surface area contributed by atoms with Crippen molar-refractivity contribution in [3.8, 4) is 0 Å². The van der Waals surface area contributed by atoms with Crippen LogP contribution in [0.4, 0.5) is 11.8 Å². The minimum Gasteiger partial charge on any atom is -0.394 e. The van der Waals surface area contributed by atoms with E-state index in [-0.39, 0.29) is 18.6 Å². The Hall–Kier alpha value is -2.21. The quantitative estimate of drug-likeness (QED) is 0.677. The van der Waals surface area contributed by atoms with E-state index in [4.69, 9.17) is 5.73 Å². The van der Waals surface area contributed by atoms with Gasteiger partial charge >= 0.3 is 0 Å². The molecule has 0 saturated carbocycles. The summed E-state index contributed by atoms with van der Waals surface area (Å²) in [5.74, 6) is 0.731. The number of hydrogen-bond donors (Lipinski definition) is 3. The molecule has 6 nitrogen and oxygen atoms in total. The summed E-state index contributed by atoms with van der Waals surface area (Å²) in [5.41, 5.74) is 7.00. The minimum atomic E-state index is -0.113. The van der Waals surface area contributed by atoms with Crippen molar-refractivity contribution in [2.45, 2.75) is 18.9 Å². The van der Waals surface area contributed by atoms with Gasteiger partial charge in [-0.3, -0.25) is 4.98 Å². The van der Waals surface area contributed by atoms with Gasteiger partial charge in [0.15, 0.2) is 5.82 Å². The third-order valence-electron chi connectivity index (χ3n) is 2.75. The fourth-order valence-corrected chi connectivity index (χ4v) is 1.81. The third kappa shape index (κ3) is 3.17. The SMILES string of the molecule is C=CCC[C@H](CO)Nc1nc(N)nc2cccnc12. The van der Waals surface area contributed by atoms with Crippen molar-refractivity contribution in [1.82, 2.24) is 15.0 Å². The molecule has 4 N–H and O–H groups in total. The first-order valence-electron chi connectivity index (χ1n) is 6.11. The van der Waals surface area contributed by atoms with Crippen molar-refractivity contribution in [3.05, 3.63) is 31.0 Å². The lowest BCUT2D eigenvalue weighted by Gasteiger charge is -2.17. The standard InChI is InChI=1S/C13H17N5O/c1-2-3-5-9(8-19)16-12-11-10(6-4-7-15-11)17-13(14)18-12/h2,4,6-7,9,19H,1,3,5,8H2,(H3,14,16,17,18)/t9-/m1/s1. The van der Waals surface area contributed by atoms with Crippen LogP contribution in [0.2, 0.25) is 0 Å². The molecule has 0 unspecified atom stereocenters. The molecule has 0 radical (unpaired) electrons. The first kappa shape index (κ1) is 13.2. The lowest BCUT2D eigenvalue weighted by molar-refractivity contribution is 0.269. The highest BCUT2D eigenvalue weighted by Gasteiger charge is 2.12. The molecular formula is C13H17N5O. The predicted molar refractivity (Wildman–Crippen MR) is 75.7 cm³/mol. The van der Waals surface area contributed by atoms with Gasteiger partial charge in [-0.1, -0.05) is 6.08 Å². The van der Waals surface area contributed by atoms with Crippen LogP contribution in [0.5, 0.6) is 0 Å². The fourth-order valence-electron chi connectivity index (χ4n) is 1.81. The summed E-state index contributed by atoms with van der Waals surface area (Å²) in [6.45, 7) is 3.68. The van der Waals surface area contributed by atoms with Crippen LogP contribution in [0.1, 0.15) is 12.8 Å². The fraction of sp³-hybridized carbons (Fsp3) is 0.308. The molecule has 2 aromatic heterocycles. The molecule has 0 aliphatic rings. The molecule has 0 aliphatic heterocycles. The maximum atomic E-state index is 9.36. The molecule has 0 amide bonds. The van der Waals surface area contributed by atoms with E-state index >= 15 is 0 Å². The van der Waals surface area contributed by atoms with E-state index in [1.54, 1.807) is 12.3 Å². The Kier molecular flexibility index (Phi) is 4.25. The summed E-state index contributed by atoms with van der Waals surface area (Å²) < 4.78 is 0. The van der Waals surface area contributed by atoms with Crippen LogP contribution in [0.3, 0.4) is 0 Å². The number of aliphatic hydroxyl groups excluding tert-OH is 1. The second kappa shape index (κ2) is 6.10. The number of allylic oxidation sites excluding steroid dienone is 1. The number of nitrogens with one attached hydrogen (secondary N) is 1. The van der Waals surface area contributed by atoms with E-state index in [2.05, 4.69) is 26.8 Å². The highest BCUT2D eigenvalue weighted by Crippen LogP contribution is 2.19. The van der Waals surface area contributed by atoms with Gasteiger partial charge in [-0.15, -0.1) is 6.58 Å². The van der Waals surface area contributed by atoms with E-state index in [1.807, 2.05) is 12.1 Å². The van der Waals surface area contributed by atoms with E-state index in [9.17, 15) is 5.11 Å². The topological polar surface area (TPSA) is 97.0 Å². The number of aliphatic hydroxyl groups is 1. The Morgan fingerprint density at radius 2 is 2.32 bits per heavy atom. The van der Waals surface area contributed by atoms with Crippen molar-refractivity contribution in [2.24, 2.45) is 0 Å². The molecule has 2 rings (SSSR count). The van der Waals surface area contributed by atoms with Gasteiger partial charge in [-0.2, -0.15) is 4.98 Å². The van der Waals surface area contributed by atoms with Crippen molar-refractivity contribution in [2.75, 3.05) is 17.7 Å². The van der Waals surface area contributed by atoms with Gasteiger partial charge < -0.3 is 16.2 Å². The van der Waals surface area contributed by atoms with Gasteiger partial charge in [0.05, 0.1) is 18.2 Å². The summed E-state index contributed by atoms with van der Waals surface area (Å²) in [4.78, 5) is 12.5. The average Bonchev–Trinajstić information content (AvgIpc) is 2.43. The van der Waals surface area contributed by atoms with Crippen LogP contribution in [0, 0.1) is 0 Å². The number of pyridine rings is 1. The Morgan fingerprint density at radius 3 is 3.05 bits per heavy atom. The second-order valence-corrected chi connectivity index (χ2v) is 4.19. The van der Waals surface area contributed by atoms with E-state index < -0.39 is 0 Å². The number of nitrogens with two attached hydrogens (primary N) is 1. The number of fused-ring (bicyclic) bond motifs is 1. The zero-order chi connectivity index (χ0) is 13.7. The summed E-state index contributed by atoms with van der Waals surface area (Å²) >= 11 is 0. The van der Waals surface area contributed by atoms with Crippen molar-refractivity contribution in [1.29, 1.82) is 0 Å². The summed E-state index contributed by atoms with van der Waals surface area (Å²) in [7, 11) is 0. The van der Waals surface area contributed by atoms with Crippen LogP contribution >= 0.6 is 0 Å². The first-order valence-corrected chi connectivity index (χ1v) is 6.11. The third-order valence-corrected chi connectivity index (χ3v) is 2.75. The van der Waals surface area contributed by atoms with E-state index in [1.165, 1.54) is 0 Å². The number of nitrogens with zero attached hydrogens (tertiary/aromatic N) is 3. The van der Waals surface area contributed by atoms with Gasteiger partial charge in [-0.05, 0) is 25.0 Å². The van der Waals surface area contributed by atoms with Gasteiger partial charge in [-0.25, -0.2) is 4.98 Å². The molecule has 2 heterocycles. The predicted octanol–water partition coefficient (Wildman–Crippen LogP) is 1.35. The molecule has 0 bridgehead atoms. The number of anilines is 2. The number of hydrogen-bond acceptors (Lipinski definition) is 6. The normalized spacial score (nSPS) is 12.3. The molecule has 0 aliphatic carbocycles. The smallest absolute Gasteiger partial charge is 0.222 e. The Labute approximate surface area is 111 Å². The van der Waals surface area contributed by atoms with Gasteiger partial charge in [0, 0.05) is 6.20 Å². The molecule has 0 saturated heterocycles. The van der Waals surface area contributed by atoms with Crippen molar-refractivity contribution in [3.63, 3.8) is 0 Å². The Balaban J connectivity index is 2.30. The van der Waals surface area contributed by atoms with Crippen LogP contribution in [0.25, 0.3) is 11.0 Å². The van der Waals surface area contributed by atoms with Crippen LogP contribution in [0.15, 0.2) is 31.0 Å². The van der Waals surface area contributed by atoms with E-state index in [0.29, 0.717) is 16.9 Å². The lowest BCUT2D eigenvalue weighted by Crippen LogP contribution is -2.24. The van der Waals surface area contributed by atoms with Gasteiger partial charge in [0.25, 0.3) is 0 Å². The molecule has 0 aromatic carbocycles. The second-order valence-electron chi connectivity index (χ2n) is 4.19. The highest BCUT2D eigenvalue weighted by atomic mass is 16.3. The zero-order valence-corrected chi connectivity index (χ0v) is 10.6. The largest absolute Gasteiger partial charge is 0.394 e. The van der Waals surface area contributed by atoms with Gasteiger partial charge in [0.1, 0.15) is 5.52 Å². The summed E-state index contributed by atoms with van der Waals surface area (Å²) in [6.07, 6.45) is 5.06. The zero-order valence-electron chi connectivity index (χ0n) is 10.6. The maximum Gasteiger partial charge on any atom is 0.222 e. The number of rotatable bonds is 6. The molecular weight excluding hydrogens is 242 g/mol. The number of nitrogen functional groups attached to an aromatic ring is 1. The van der Waals surface area contributed by atoms with Crippen molar-refractivity contribution >= 4 is 22.8 Å². The van der Waals surface area contributed by atoms with E-state index in [0.717, 1.165) is 12.8 Å². The molecule has 100 valence electrons. The van der Waals surface area contributed by atoms with Crippen LogP contribution in [-0.4, -0.2) is 32.7 Å². The molecule has 0 fully saturated rings. The molecule has 1 atom stereocenters. The average molecular weight is 259 g/mol. The molecule has 2 aromatic rings. The summed E-state index contributed by atoms with van der Waals surface area (Å²) in [6, 6.07) is 3.50. The summed E-state index contributed by atoms with van der Waals surface area (Å²) in [5, 5.41) is 12.5. The number of aromatic nitrogens is 3. The van der Waals surface area contributed by atoms with Crippen molar-refractivity contribution < 1.29 is 5.11 Å². The Morgan fingerprint density at radius 1 is 1.47 bits per heavy atom.